The van der Waals surface area contributed by atoms with E-state index in [2.05, 4.69) is 20.3 Å². The van der Waals surface area contributed by atoms with Crippen molar-refractivity contribution in [3.63, 3.8) is 0 Å². The number of pyridine rings is 1. The van der Waals surface area contributed by atoms with Crippen molar-refractivity contribution in [1.82, 2.24) is 10.3 Å². The number of thioether (sulfide) groups is 1. The number of ether oxygens (including phenoxy) is 3. The highest BCUT2D eigenvalue weighted by Crippen LogP contribution is 2.41. The lowest BCUT2D eigenvalue weighted by Crippen LogP contribution is -2.60. The number of aromatic nitrogens is 1. The number of nitrogens with one attached hydrogen (secondary N) is 1. The van der Waals surface area contributed by atoms with E-state index >= 15 is 0 Å². The maximum atomic E-state index is 12.4. The lowest BCUT2D eigenvalue weighted by atomic mass is 9.97. The first-order valence-corrected chi connectivity index (χ1v) is 11.6. The normalized spacial score (nSPS) is 28.9. The van der Waals surface area contributed by atoms with Crippen LogP contribution in [0.5, 0.6) is 0 Å². The molecular weight excluding hydrogens is 470 g/mol. The van der Waals surface area contributed by atoms with Gasteiger partial charge in [-0.2, -0.15) is 0 Å². The van der Waals surface area contributed by atoms with E-state index in [9.17, 15) is 9.90 Å². The Kier molecular flexibility index (Phi) is 7.71. The Hall–Kier alpha value is -2.37. The molecule has 1 aromatic carbocycles. The molecule has 0 saturated carbocycles. The fraction of sp³-hybridized carbons (Fsp3) is 0.429. The second-order valence-electron chi connectivity index (χ2n) is 7.38. The molecule has 0 spiro atoms. The minimum absolute atomic E-state index is 0.157. The Morgan fingerprint density at radius 3 is 2.91 bits per heavy atom. The van der Waals surface area contributed by atoms with Crippen LogP contribution in [-0.2, 0) is 14.2 Å². The molecule has 10 nitrogen and oxygen atoms in total. The molecule has 1 aromatic heterocycles. The molecule has 0 bridgehead atoms. The molecule has 33 heavy (non-hydrogen) atoms. The lowest BCUT2D eigenvalue weighted by Gasteiger charge is -2.46. The molecule has 2 N–H and O–H groups in total. The Balaban J connectivity index is 1.57. The van der Waals surface area contributed by atoms with Gasteiger partial charge in [0.1, 0.15) is 29.4 Å². The van der Waals surface area contributed by atoms with Gasteiger partial charge < -0.3 is 24.6 Å². The number of hydrogen-bond acceptors (Lipinski definition) is 8. The van der Waals surface area contributed by atoms with Crippen molar-refractivity contribution in [2.24, 2.45) is 5.11 Å². The van der Waals surface area contributed by atoms with E-state index in [-0.39, 0.29) is 18.2 Å². The largest absolute Gasteiger partial charge is 0.389 e. The van der Waals surface area contributed by atoms with Crippen molar-refractivity contribution < 1.29 is 24.1 Å². The number of carbonyl (C=O) groups excluding carboxylic acids is 1. The lowest BCUT2D eigenvalue weighted by molar-refractivity contribution is -0.297. The van der Waals surface area contributed by atoms with Crippen molar-refractivity contribution in [3.8, 4) is 0 Å². The van der Waals surface area contributed by atoms with E-state index in [1.165, 1.54) is 6.20 Å². The number of fused-ring (bicyclic) bond motifs is 1. The molecule has 2 fully saturated rings. The van der Waals surface area contributed by atoms with Crippen molar-refractivity contribution >= 4 is 29.3 Å². The summed E-state index contributed by atoms with van der Waals surface area (Å²) >= 11 is 7.17. The number of nitrogens with zero attached hydrogens (tertiary/aromatic N) is 4. The summed E-state index contributed by atoms with van der Waals surface area (Å²) in [6.07, 6.45) is -1.83. The van der Waals surface area contributed by atoms with Gasteiger partial charge in [0, 0.05) is 28.1 Å². The molecule has 2 aromatic rings. The monoisotopic (exact) mass is 491 g/mol. The molecule has 1 amide bonds. The quantitative estimate of drug-likeness (QED) is 0.358. The van der Waals surface area contributed by atoms with E-state index in [1.54, 1.807) is 13.0 Å². The predicted molar refractivity (Wildman–Crippen MR) is 121 cm³/mol. The molecular formula is C21H22ClN5O5S. The fourth-order valence-corrected chi connectivity index (χ4v) is 5.12. The number of azide groups is 1. The summed E-state index contributed by atoms with van der Waals surface area (Å²) in [5, 5.41) is 17.9. The van der Waals surface area contributed by atoms with Crippen LogP contribution in [0, 0.1) is 0 Å². The Morgan fingerprint density at radius 2 is 2.18 bits per heavy atom. The fourth-order valence-electron chi connectivity index (χ4n) is 3.70. The molecule has 0 radical (unpaired) electrons. The third kappa shape index (κ3) is 5.25. The van der Waals surface area contributed by atoms with Crippen molar-refractivity contribution in [2.45, 2.75) is 47.9 Å². The molecule has 2 aliphatic heterocycles. The van der Waals surface area contributed by atoms with Crippen LogP contribution in [-0.4, -0.2) is 58.9 Å². The van der Waals surface area contributed by atoms with Crippen LogP contribution in [0.15, 0.2) is 52.6 Å². The zero-order valence-corrected chi connectivity index (χ0v) is 19.1. The van der Waals surface area contributed by atoms with Crippen LogP contribution in [0.2, 0.25) is 5.02 Å². The topological polar surface area (TPSA) is 139 Å². The maximum absolute atomic E-state index is 12.4. The molecule has 6 atom stereocenters. The van der Waals surface area contributed by atoms with Gasteiger partial charge in [0.25, 0.3) is 5.91 Å². The Labute approximate surface area is 199 Å². The molecule has 3 heterocycles. The molecule has 2 saturated heterocycles. The zero-order chi connectivity index (χ0) is 23.4. The average Bonchev–Trinajstić information content (AvgIpc) is 2.82. The number of rotatable bonds is 6. The van der Waals surface area contributed by atoms with Gasteiger partial charge in [-0.15, -0.1) is 0 Å². The SMILES string of the molecule is CCNC(=O)c1ncc(Cl)cc1S[C@H]1OC2COC(c3ccccc3)O[C@@H]2C(N=[N+]=[N-])C1O. The first-order chi connectivity index (χ1) is 16.0. The summed E-state index contributed by atoms with van der Waals surface area (Å²) < 4.78 is 18.0. The molecule has 2 aliphatic rings. The first-order valence-electron chi connectivity index (χ1n) is 10.3. The minimum Gasteiger partial charge on any atom is -0.389 e. The number of amides is 1. The van der Waals surface area contributed by atoms with Crippen molar-refractivity contribution in [2.75, 3.05) is 13.2 Å². The Morgan fingerprint density at radius 1 is 1.39 bits per heavy atom. The number of aliphatic hydroxyl groups is 1. The molecule has 4 unspecified atom stereocenters. The summed E-state index contributed by atoms with van der Waals surface area (Å²) in [7, 11) is 0. The first kappa shape index (κ1) is 23.8. The molecule has 4 rings (SSSR count). The third-order valence-corrected chi connectivity index (χ3v) is 6.60. The smallest absolute Gasteiger partial charge is 0.271 e. The molecule has 0 aliphatic carbocycles. The van der Waals surface area contributed by atoms with Crippen LogP contribution in [0.3, 0.4) is 0 Å². The van der Waals surface area contributed by atoms with Crippen LogP contribution >= 0.6 is 23.4 Å². The van der Waals surface area contributed by atoms with Crippen LogP contribution in [0.25, 0.3) is 10.4 Å². The summed E-state index contributed by atoms with van der Waals surface area (Å²) in [5.41, 5.74) is 9.21. The minimum atomic E-state index is -1.22. The van der Waals surface area contributed by atoms with Gasteiger partial charge in [-0.3, -0.25) is 4.79 Å². The van der Waals surface area contributed by atoms with Crippen molar-refractivity contribution in [1.29, 1.82) is 0 Å². The Bertz CT molecular complexity index is 1040. The zero-order valence-electron chi connectivity index (χ0n) is 17.6. The number of hydrogen-bond donors (Lipinski definition) is 2. The summed E-state index contributed by atoms with van der Waals surface area (Å²) in [5.74, 6) is -0.374. The third-order valence-electron chi connectivity index (χ3n) is 5.20. The molecule has 12 heteroatoms. The summed E-state index contributed by atoms with van der Waals surface area (Å²) in [6.45, 7) is 2.39. The number of carbonyl (C=O) groups is 1. The van der Waals surface area contributed by atoms with E-state index in [4.69, 9.17) is 31.3 Å². The highest BCUT2D eigenvalue weighted by Gasteiger charge is 2.49. The average molecular weight is 492 g/mol. The number of halogens is 1. The standard InChI is InChI=1S/C21H22ClN5O5S/c1-2-24-19(29)15-14(8-12(22)9-25-15)33-21-17(28)16(26-27-23)18-13(31-21)10-30-20(32-18)11-6-4-3-5-7-11/h3-9,13,16-18,20-21,28H,2,10H2,1H3,(H,24,29)/t13?,16?,17?,18-,20?,21+/m0/s1. The second kappa shape index (κ2) is 10.7. The predicted octanol–water partition coefficient (Wildman–Crippen LogP) is 3.46. The van der Waals surface area contributed by atoms with Gasteiger partial charge in [0.15, 0.2) is 6.29 Å². The van der Waals surface area contributed by atoms with Gasteiger partial charge >= 0.3 is 0 Å². The van der Waals surface area contributed by atoms with Gasteiger partial charge in [0.05, 0.1) is 17.7 Å². The summed E-state index contributed by atoms with van der Waals surface area (Å²) in [6, 6.07) is 9.98. The van der Waals surface area contributed by atoms with Gasteiger partial charge in [-0.05, 0) is 18.5 Å². The van der Waals surface area contributed by atoms with Gasteiger partial charge in [-0.1, -0.05) is 58.8 Å². The highest BCUT2D eigenvalue weighted by atomic mass is 35.5. The van der Waals surface area contributed by atoms with Crippen LogP contribution in [0.1, 0.15) is 29.3 Å². The van der Waals surface area contributed by atoms with E-state index in [1.807, 2.05) is 30.3 Å². The highest BCUT2D eigenvalue weighted by molar-refractivity contribution is 8.00. The van der Waals surface area contributed by atoms with Gasteiger partial charge in [-0.25, -0.2) is 4.98 Å². The van der Waals surface area contributed by atoms with E-state index in [0.29, 0.717) is 16.5 Å². The number of benzene rings is 1. The number of aliphatic hydroxyl groups excluding tert-OH is 1. The van der Waals surface area contributed by atoms with Gasteiger partial charge in [0.2, 0.25) is 0 Å². The molecule has 174 valence electrons. The van der Waals surface area contributed by atoms with E-state index in [0.717, 1.165) is 17.3 Å². The van der Waals surface area contributed by atoms with Crippen molar-refractivity contribution in [3.05, 3.63) is 69.3 Å². The second-order valence-corrected chi connectivity index (χ2v) is 8.96. The van der Waals surface area contributed by atoms with Crippen LogP contribution in [0.4, 0.5) is 0 Å². The maximum Gasteiger partial charge on any atom is 0.271 e. The van der Waals surface area contributed by atoms with Crippen LogP contribution < -0.4 is 5.32 Å². The summed E-state index contributed by atoms with van der Waals surface area (Å²) in [4.78, 5) is 19.9. The van der Waals surface area contributed by atoms with E-state index < -0.39 is 36.1 Å².